The van der Waals surface area contributed by atoms with Gasteiger partial charge in [0.2, 0.25) is 5.88 Å². The number of benzene rings is 1. The number of ether oxygens (including phenoxy) is 2. The van der Waals surface area contributed by atoms with Crippen molar-refractivity contribution in [2.24, 2.45) is 0 Å². The Morgan fingerprint density at radius 3 is 2.72 bits per heavy atom. The molecule has 1 N–H and O–H groups in total. The highest BCUT2D eigenvalue weighted by Gasteiger charge is 2.19. The van der Waals surface area contributed by atoms with E-state index < -0.39 is 0 Å². The zero-order valence-electron chi connectivity index (χ0n) is 16.0. The van der Waals surface area contributed by atoms with Crippen molar-refractivity contribution >= 4 is 17.2 Å². The minimum atomic E-state index is -0.242. The fraction of sp³-hybridized carbons (Fsp3) is 0.190. The third-order valence-electron chi connectivity index (χ3n) is 4.44. The van der Waals surface area contributed by atoms with E-state index in [0.717, 1.165) is 16.8 Å². The van der Waals surface area contributed by atoms with Gasteiger partial charge in [-0.1, -0.05) is 23.7 Å². The van der Waals surface area contributed by atoms with Gasteiger partial charge in [0.25, 0.3) is 5.56 Å². The van der Waals surface area contributed by atoms with E-state index in [-0.39, 0.29) is 5.56 Å². The van der Waals surface area contributed by atoms with Gasteiger partial charge in [-0.2, -0.15) is 0 Å². The summed E-state index contributed by atoms with van der Waals surface area (Å²) in [5, 5.41) is 3.73. The number of nitrogens with zero attached hydrogens (tertiary/aromatic N) is 3. The summed E-state index contributed by atoms with van der Waals surface area (Å²) >= 11 is 6.05. The number of aromatic amines is 1. The van der Waals surface area contributed by atoms with Crippen molar-refractivity contribution in [3.05, 3.63) is 69.7 Å². The number of halogens is 1. The highest BCUT2D eigenvalue weighted by atomic mass is 35.5. The number of hydrogen-bond donors (Lipinski definition) is 1. The van der Waals surface area contributed by atoms with Gasteiger partial charge in [-0.25, -0.2) is 14.5 Å². The molecular formula is C21H19ClN4O3. The second-order valence-corrected chi connectivity index (χ2v) is 6.77. The lowest BCUT2D eigenvalue weighted by atomic mass is 10.1. The molecule has 0 spiro atoms. The number of methoxy groups -OCH3 is 1. The van der Waals surface area contributed by atoms with Crippen molar-refractivity contribution in [3.8, 4) is 28.3 Å². The number of pyridine rings is 1. The first-order chi connectivity index (χ1) is 14.1. The summed E-state index contributed by atoms with van der Waals surface area (Å²) in [7, 11) is 1.60. The molecule has 0 bridgehead atoms. The maximum Gasteiger partial charge on any atom is 0.273 e. The monoisotopic (exact) mass is 410 g/mol. The van der Waals surface area contributed by atoms with Gasteiger partial charge in [0.1, 0.15) is 0 Å². The number of aromatic nitrogens is 4. The van der Waals surface area contributed by atoms with E-state index >= 15 is 0 Å². The zero-order chi connectivity index (χ0) is 20.4. The molecule has 3 heterocycles. The van der Waals surface area contributed by atoms with Gasteiger partial charge >= 0.3 is 0 Å². The topological polar surface area (TPSA) is 81.5 Å². The first-order valence-electron chi connectivity index (χ1n) is 9.10. The molecule has 148 valence electrons. The zero-order valence-corrected chi connectivity index (χ0v) is 16.7. The van der Waals surface area contributed by atoms with Crippen molar-refractivity contribution in [2.75, 3.05) is 13.7 Å². The van der Waals surface area contributed by atoms with Crippen LogP contribution in [0.4, 0.5) is 0 Å². The molecule has 0 radical (unpaired) electrons. The maximum absolute atomic E-state index is 12.9. The average molecular weight is 411 g/mol. The lowest BCUT2D eigenvalue weighted by molar-refractivity contribution is 0.181. The van der Waals surface area contributed by atoms with E-state index in [1.165, 1.54) is 10.6 Å². The molecule has 7 nitrogen and oxygen atoms in total. The van der Waals surface area contributed by atoms with Gasteiger partial charge < -0.3 is 9.47 Å². The van der Waals surface area contributed by atoms with E-state index in [4.69, 9.17) is 26.1 Å². The van der Waals surface area contributed by atoms with Gasteiger partial charge in [0.05, 0.1) is 30.2 Å². The molecule has 0 aliphatic carbocycles. The predicted molar refractivity (Wildman–Crippen MR) is 111 cm³/mol. The summed E-state index contributed by atoms with van der Waals surface area (Å²) in [6.45, 7) is 2.64. The fourth-order valence-electron chi connectivity index (χ4n) is 3.23. The molecule has 4 aromatic rings. The Bertz CT molecular complexity index is 1220. The van der Waals surface area contributed by atoms with Crippen LogP contribution in [-0.2, 0) is 11.3 Å². The first kappa shape index (κ1) is 19.2. The number of rotatable bonds is 6. The molecule has 0 aliphatic heterocycles. The lowest BCUT2D eigenvalue weighted by Gasteiger charge is -2.08. The van der Waals surface area contributed by atoms with Crippen LogP contribution in [0.3, 0.4) is 0 Å². The van der Waals surface area contributed by atoms with E-state index in [2.05, 4.69) is 10.1 Å². The summed E-state index contributed by atoms with van der Waals surface area (Å²) in [5.74, 6) is 0.437. The SMILES string of the molecule is CCOc1ncccc1-c1cc(=O)n2[nH]c(COC)c(-c3ccc(Cl)cc3)c2n1. The van der Waals surface area contributed by atoms with Gasteiger partial charge in [-0.05, 0) is 36.8 Å². The normalized spacial score (nSPS) is 11.1. The highest BCUT2D eigenvalue weighted by molar-refractivity contribution is 6.30. The summed E-state index contributed by atoms with van der Waals surface area (Å²) in [6.07, 6.45) is 1.64. The van der Waals surface area contributed by atoms with Crippen molar-refractivity contribution in [2.45, 2.75) is 13.5 Å². The largest absolute Gasteiger partial charge is 0.477 e. The summed E-state index contributed by atoms with van der Waals surface area (Å²) < 4.78 is 12.3. The van der Waals surface area contributed by atoms with E-state index in [1.807, 2.05) is 25.1 Å². The third kappa shape index (κ3) is 3.62. The Morgan fingerprint density at radius 1 is 1.21 bits per heavy atom. The van der Waals surface area contributed by atoms with Crippen LogP contribution in [0, 0.1) is 0 Å². The summed E-state index contributed by atoms with van der Waals surface area (Å²) in [6, 6.07) is 12.5. The van der Waals surface area contributed by atoms with Gasteiger partial charge in [-0.15, -0.1) is 0 Å². The van der Waals surface area contributed by atoms with Crippen LogP contribution in [0.2, 0.25) is 5.02 Å². The number of nitrogens with one attached hydrogen (secondary N) is 1. The standard InChI is InChI=1S/C21H19ClN4O3/c1-3-29-21-15(5-4-10-23-21)16-11-18(27)26-20(24-16)19(17(25-26)12-28-2)13-6-8-14(22)9-7-13/h4-11,25H,3,12H2,1-2H3. The molecule has 0 saturated carbocycles. The fourth-order valence-corrected chi connectivity index (χ4v) is 3.35. The smallest absolute Gasteiger partial charge is 0.273 e. The summed E-state index contributed by atoms with van der Waals surface area (Å²) in [5.41, 5.74) is 3.80. The van der Waals surface area contributed by atoms with E-state index in [1.54, 1.807) is 31.5 Å². The van der Waals surface area contributed by atoms with E-state index in [0.29, 0.717) is 41.0 Å². The van der Waals surface area contributed by atoms with Gasteiger partial charge in [0.15, 0.2) is 5.65 Å². The van der Waals surface area contributed by atoms with Crippen molar-refractivity contribution in [3.63, 3.8) is 0 Å². The molecule has 0 saturated heterocycles. The Kier molecular flexibility index (Phi) is 5.33. The van der Waals surface area contributed by atoms with Crippen LogP contribution in [0.15, 0.2) is 53.5 Å². The molecule has 0 atom stereocenters. The Balaban J connectivity index is 1.99. The summed E-state index contributed by atoms with van der Waals surface area (Å²) in [4.78, 5) is 21.9. The van der Waals surface area contributed by atoms with Crippen molar-refractivity contribution in [1.29, 1.82) is 0 Å². The number of hydrogen-bond acceptors (Lipinski definition) is 5. The third-order valence-corrected chi connectivity index (χ3v) is 4.69. The molecule has 1 aromatic carbocycles. The minimum absolute atomic E-state index is 0.242. The molecule has 0 unspecified atom stereocenters. The van der Waals surface area contributed by atoms with Crippen molar-refractivity contribution < 1.29 is 9.47 Å². The average Bonchev–Trinajstić information content (AvgIpc) is 3.08. The predicted octanol–water partition coefficient (Wildman–Crippen LogP) is 3.95. The Morgan fingerprint density at radius 2 is 2.00 bits per heavy atom. The molecule has 0 aliphatic rings. The molecular weight excluding hydrogens is 392 g/mol. The molecule has 4 rings (SSSR count). The maximum atomic E-state index is 12.9. The van der Waals surface area contributed by atoms with Crippen LogP contribution in [-0.4, -0.2) is 33.3 Å². The molecule has 0 fully saturated rings. The second-order valence-electron chi connectivity index (χ2n) is 6.33. The Hall–Kier alpha value is -3.16. The van der Waals surface area contributed by atoms with Gasteiger partial charge in [0, 0.05) is 30.0 Å². The Labute approximate surface area is 171 Å². The van der Waals surface area contributed by atoms with Crippen molar-refractivity contribution in [1.82, 2.24) is 19.6 Å². The van der Waals surface area contributed by atoms with Crippen LogP contribution < -0.4 is 10.3 Å². The number of H-pyrrole nitrogens is 1. The van der Waals surface area contributed by atoms with Gasteiger partial charge in [-0.3, -0.25) is 9.89 Å². The first-order valence-corrected chi connectivity index (χ1v) is 9.48. The van der Waals surface area contributed by atoms with Crippen LogP contribution >= 0.6 is 11.6 Å². The minimum Gasteiger partial charge on any atom is -0.477 e. The van der Waals surface area contributed by atoms with Crippen LogP contribution in [0.1, 0.15) is 12.6 Å². The number of fused-ring (bicyclic) bond motifs is 1. The quantitative estimate of drug-likeness (QED) is 0.520. The van der Waals surface area contributed by atoms with Crippen LogP contribution in [0.25, 0.3) is 28.0 Å². The van der Waals surface area contributed by atoms with E-state index in [9.17, 15) is 4.79 Å². The second kappa shape index (κ2) is 8.06. The molecule has 29 heavy (non-hydrogen) atoms. The molecule has 8 heteroatoms. The highest BCUT2D eigenvalue weighted by Crippen LogP contribution is 2.31. The molecule has 3 aromatic heterocycles. The molecule has 0 amide bonds. The van der Waals surface area contributed by atoms with Crippen LogP contribution in [0.5, 0.6) is 5.88 Å². The lowest BCUT2D eigenvalue weighted by Crippen LogP contribution is -2.15.